The summed E-state index contributed by atoms with van der Waals surface area (Å²) in [7, 11) is 0. The third-order valence-corrected chi connectivity index (χ3v) is 12.5. The second-order valence-corrected chi connectivity index (χ2v) is 22.9. The highest BCUT2D eigenvalue weighted by Gasteiger charge is 2.50. The zero-order chi connectivity index (χ0) is 47.1. The lowest BCUT2D eigenvalue weighted by Crippen LogP contribution is -2.61. The molecule has 5 N–H and O–H groups in total. The Labute approximate surface area is 365 Å². The van der Waals surface area contributed by atoms with Crippen LogP contribution in [-0.2, 0) is 19.1 Å². The van der Waals surface area contributed by atoms with Gasteiger partial charge >= 0.3 is 17.9 Å². The van der Waals surface area contributed by atoms with Gasteiger partial charge in [0, 0.05) is 65.8 Å². The smallest absolute Gasteiger partial charge is 0.339 e. The molecular weight excluding hydrogens is 785 g/mol. The van der Waals surface area contributed by atoms with Gasteiger partial charge in [-0.1, -0.05) is 12.1 Å². The number of rotatable bonds is 5. The van der Waals surface area contributed by atoms with E-state index in [0.29, 0.717) is 51.4 Å². The van der Waals surface area contributed by atoms with Gasteiger partial charge < -0.3 is 40.1 Å². The molecule has 4 aliphatic heterocycles. The van der Waals surface area contributed by atoms with Crippen LogP contribution in [0.1, 0.15) is 190 Å². The van der Waals surface area contributed by atoms with Crippen LogP contribution in [0.2, 0.25) is 0 Å². The van der Waals surface area contributed by atoms with Crippen LogP contribution in [0.3, 0.4) is 0 Å². The van der Waals surface area contributed by atoms with Gasteiger partial charge in [-0.15, -0.1) is 5.06 Å². The quantitative estimate of drug-likeness (QED) is 0.181. The molecule has 5 rings (SSSR count). The van der Waals surface area contributed by atoms with E-state index in [2.05, 4.69) is 0 Å². The van der Waals surface area contributed by atoms with Crippen molar-refractivity contribution in [1.29, 1.82) is 0 Å². The van der Waals surface area contributed by atoms with E-state index in [1.165, 1.54) is 22.1 Å². The molecule has 0 unspecified atom stereocenters. The monoisotopic (exact) mass is 865 g/mol. The average Bonchev–Trinajstić information content (AvgIpc) is 3.06. The predicted molar refractivity (Wildman–Crippen MR) is 231 cm³/mol. The fourth-order valence-electron chi connectivity index (χ4n) is 10.6. The van der Waals surface area contributed by atoms with Crippen molar-refractivity contribution in [3.63, 3.8) is 0 Å². The molecule has 4 heterocycles. The zero-order valence-corrected chi connectivity index (χ0v) is 40.3. The number of carbonyl (C=O) groups is 3. The highest BCUT2D eigenvalue weighted by atomic mass is 16.7. The van der Waals surface area contributed by atoms with Crippen LogP contribution in [0, 0.1) is 0 Å². The minimum Gasteiger partial charge on any atom is -0.459 e. The van der Waals surface area contributed by atoms with Gasteiger partial charge in [0.15, 0.2) is 0 Å². The average molecular weight is 865 g/mol. The molecule has 0 atom stereocenters. The Morgan fingerprint density at radius 1 is 0.475 bits per heavy atom. The highest BCUT2D eigenvalue weighted by molar-refractivity contribution is 6.03. The molecule has 350 valence electrons. The molecular formula is C46H80N4O11. The van der Waals surface area contributed by atoms with Crippen LogP contribution in [0.25, 0.3) is 0 Å². The minimum absolute atomic E-state index is 0.160. The molecule has 4 fully saturated rings. The number of benzene rings is 1. The lowest BCUT2D eigenvalue weighted by Gasteiger charge is -2.51. The number of nitrogens with zero attached hydrogens (tertiary/aromatic N) is 4. The summed E-state index contributed by atoms with van der Waals surface area (Å²) in [4.78, 5) is 42.6. The summed E-state index contributed by atoms with van der Waals surface area (Å²) in [6.07, 6.45) is 2.93. The van der Waals surface area contributed by atoms with Gasteiger partial charge in [0.2, 0.25) is 0 Å². The molecule has 15 nitrogen and oxygen atoms in total. The molecule has 0 aliphatic carbocycles. The lowest BCUT2D eigenvalue weighted by molar-refractivity contribution is -0.274. The molecule has 4 aliphatic rings. The van der Waals surface area contributed by atoms with Crippen molar-refractivity contribution in [3.8, 4) is 0 Å². The Bertz CT molecular complexity index is 1560. The highest BCUT2D eigenvalue weighted by Crippen LogP contribution is 2.41. The summed E-state index contributed by atoms with van der Waals surface area (Å²) < 4.78 is 11.7. The Morgan fingerprint density at radius 2 is 0.721 bits per heavy atom. The third kappa shape index (κ3) is 12.9. The normalized spacial score (nSPS) is 26.4. The maximum atomic E-state index is 13.1. The topological polar surface area (TPSA) is 193 Å². The van der Waals surface area contributed by atoms with Crippen LogP contribution in [0.5, 0.6) is 0 Å². The van der Waals surface area contributed by atoms with Crippen molar-refractivity contribution in [2.75, 3.05) is 0 Å². The second-order valence-electron chi connectivity index (χ2n) is 22.9. The second kappa shape index (κ2) is 18.4. The SMILES string of the molecule is CC(=O)ON1C(C)(C)CC(O)CC1(C)C.CC1(C)CC(O)CC(C)(C)N1O.CC1(C)CC(OC(=O)c2ccccc2C(=O)OC2CC(C)(C)N(O)C(C)(C)C2)CC(C)(C)N1O. The van der Waals surface area contributed by atoms with Gasteiger partial charge in [0.05, 0.1) is 34.4 Å². The van der Waals surface area contributed by atoms with Crippen molar-refractivity contribution in [2.45, 2.75) is 238 Å². The summed E-state index contributed by atoms with van der Waals surface area (Å²) in [5.41, 5.74) is -3.22. The van der Waals surface area contributed by atoms with E-state index in [0.717, 1.165) is 0 Å². The van der Waals surface area contributed by atoms with Crippen LogP contribution >= 0.6 is 0 Å². The Hall–Kier alpha value is -2.73. The van der Waals surface area contributed by atoms with Crippen molar-refractivity contribution in [1.82, 2.24) is 20.3 Å². The first-order valence-corrected chi connectivity index (χ1v) is 21.7. The molecule has 0 saturated carbocycles. The summed E-state index contributed by atoms with van der Waals surface area (Å²) in [5.74, 6) is -1.48. The summed E-state index contributed by atoms with van der Waals surface area (Å²) in [6.45, 7) is 32.3. The van der Waals surface area contributed by atoms with Gasteiger partial charge in [0.1, 0.15) is 12.2 Å². The van der Waals surface area contributed by atoms with Crippen molar-refractivity contribution in [3.05, 3.63) is 35.4 Å². The first-order chi connectivity index (χ1) is 27.4. The minimum atomic E-state index is -0.582. The first-order valence-electron chi connectivity index (χ1n) is 21.7. The molecule has 4 saturated heterocycles. The fraction of sp³-hybridized carbons (Fsp3) is 0.804. The molecule has 1 aromatic rings. The van der Waals surface area contributed by atoms with Crippen LogP contribution in [0.15, 0.2) is 24.3 Å². The molecule has 0 aromatic heterocycles. The molecule has 61 heavy (non-hydrogen) atoms. The van der Waals surface area contributed by atoms with E-state index in [4.69, 9.17) is 14.3 Å². The molecule has 1 aromatic carbocycles. The zero-order valence-electron chi connectivity index (χ0n) is 40.3. The number of aliphatic hydroxyl groups excluding tert-OH is 2. The number of carbonyl (C=O) groups excluding carboxylic acids is 3. The molecule has 0 amide bonds. The molecule has 0 bridgehead atoms. The fourth-order valence-corrected chi connectivity index (χ4v) is 10.6. The van der Waals surface area contributed by atoms with E-state index in [9.17, 15) is 40.2 Å². The Morgan fingerprint density at radius 3 is 0.984 bits per heavy atom. The van der Waals surface area contributed by atoms with Crippen molar-refractivity contribution in [2.24, 2.45) is 0 Å². The maximum Gasteiger partial charge on any atom is 0.339 e. The number of hydrogen-bond acceptors (Lipinski definition) is 15. The van der Waals surface area contributed by atoms with Gasteiger partial charge in [0.25, 0.3) is 0 Å². The van der Waals surface area contributed by atoms with Crippen molar-refractivity contribution < 1.29 is 54.5 Å². The number of esters is 2. The van der Waals surface area contributed by atoms with Crippen molar-refractivity contribution >= 4 is 17.9 Å². The lowest BCUT2D eigenvalue weighted by atomic mass is 9.80. The summed E-state index contributed by atoms with van der Waals surface area (Å²) >= 11 is 0. The third-order valence-electron chi connectivity index (χ3n) is 12.5. The first kappa shape index (κ1) is 52.6. The number of ether oxygens (including phenoxy) is 2. The van der Waals surface area contributed by atoms with E-state index in [1.807, 2.05) is 111 Å². The molecule has 0 radical (unpaired) electrons. The predicted octanol–water partition coefficient (Wildman–Crippen LogP) is 7.69. The number of hydroxylamine groups is 8. The largest absolute Gasteiger partial charge is 0.459 e. The van der Waals surface area contributed by atoms with E-state index in [-0.39, 0.29) is 51.5 Å². The van der Waals surface area contributed by atoms with Crippen LogP contribution < -0.4 is 0 Å². The van der Waals surface area contributed by atoms with Crippen LogP contribution in [-0.4, -0.2) is 133 Å². The number of aliphatic hydroxyl groups is 2. The van der Waals surface area contributed by atoms with Crippen LogP contribution in [0.4, 0.5) is 0 Å². The Kier molecular flexibility index (Phi) is 15.9. The Balaban J connectivity index is 0.000000300. The number of hydrogen-bond donors (Lipinski definition) is 5. The van der Waals surface area contributed by atoms with Gasteiger partial charge in [-0.05, 0) is 149 Å². The van der Waals surface area contributed by atoms with E-state index >= 15 is 0 Å². The summed E-state index contributed by atoms with van der Waals surface area (Å²) in [5, 5.41) is 55.9. The standard InChI is InChI=1S/C26H40N2O6.C11H21NO3.C9H19NO2/c1-23(2)13-17(14-24(3,4)27(23)31)33-21(29)19-11-9-10-12-20(19)22(30)34-18-15-25(5,6)28(32)26(7,8)16-18;1-8(13)15-12-10(2,3)6-9(14)7-11(12,4)5;1-8(2)5-7(11)6-9(3,4)10(8)12/h9-12,17-18,31-32H,13-16H2,1-8H3;9,14H,6-7H2,1-5H3;7,11-12H,5-6H2,1-4H3. The van der Waals surface area contributed by atoms with Gasteiger partial charge in [-0.25, -0.2) is 9.59 Å². The van der Waals surface area contributed by atoms with E-state index < -0.39 is 46.3 Å². The van der Waals surface area contributed by atoms with E-state index in [1.54, 1.807) is 29.3 Å². The van der Waals surface area contributed by atoms with Gasteiger partial charge in [-0.3, -0.25) is 4.79 Å². The number of piperidine rings is 4. The maximum absolute atomic E-state index is 13.1. The molecule has 15 heteroatoms. The summed E-state index contributed by atoms with van der Waals surface area (Å²) in [6, 6.07) is 6.52. The van der Waals surface area contributed by atoms with Gasteiger partial charge in [-0.2, -0.15) is 15.2 Å². The molecule has 0 spiro atoms.